The fraction of sp³-hybridized carbons (Fsp3) is 0.900. The second-order valence-electron chi connectivity index (χ2n) is 4.62. The van der Waals surface area contributed by atoms with Crippen LogP contribution in [0.2, 0.25) is 0 Å². The highest BCUT2D eigenvalue weighted by Gasteiger charge is 2.36. The second-order valence-corrected chi connectivity index (χ2v) is 4.62. The summed E-state index contributed by atoms with van der Waals surface area (Å²) in [5.74, 6) is 0.424. The van der Waals surface area contributed by atoms with Crippen LogP contribution in [0.25, 0.3) is 0 Å². The van der Waals surface area contributed by atoms with Crippen molar-refractivity contribution < 1.29 is 9.63 Å². The number of hydrogen-bond acceptors (Lipinski definition) is 3. The van der Waals surface area contributed by atoms with Gasteiger partial charge in [-0.15, -0.1) is 0 Å². The van der Waals surface area contributed by atoms with Crippen molar-refractivity contribution in [2.45, 2.75) is 27.2 Å². The van der Waals surface area contributed by atoms with E-state index in [1.54, 1.807) is 0 Å². The Hall–Kier alpha value is -0.610. The Morgan fingerprint density at radius 1 is 1.64 bits per heavy atom. The molecule has 0 aliphatic carbocycles. The third-order valence-electron chi connectivity index (χ3n) is 2.50. The van der Waals surface area contributed by atoms with Gasteiger partial charge in [-0.05, 0) is 25.8 Å². The minimum atomic E-state index is -0.295. The van der Waals surface area contributed by atoms with Crippen molar-refractivity contribution in [3.63, 3.8) is 0 Å². The summed E-state index contributed by atoms with van der Waals surface area (Å²) in [6.07, 6.45) is 0.879. The van der Waals surface area contributed by atoms with Crippen LogP contribution < -0.4 is 10.8 Å². The molecule has 1 heterocycles. The molecule has 1 aliphatic rings. The van der Waals surface area contributed by atoms with Crippen LogP contribution in [-0.4, -0.2) is 25.6 Å². The van der Waals surface area contributed by atoms with Crippen LogP contribution in [0.3, 0.4) is 0 Å². The Kier molecular flexibility index (Phi) is 3.89. The molecular formula is C10H20N2O2. The maximum atomic E-state index is 11.7. The predicted molar refractivity (Wildman–Crippen MR) is 54.5 cm³/mol. The summed E-state index contributed by atoms with van der Waals surface area (Å²) in [5, 5.41) is 3.18. The van der Waals surface area contributed by atoms with Gasteiger partial charge < -0.3 is 5.32 Å². The predicted octanol–water partition coefficient (Wildman–Crippen LogP) is 0.690. The first-order chi connectivity index (χ1) is 6.54. The van der Waals surface area contributed by atoms with Gasteiger partial charge in [0, 0.05) is 6.54 Å². The van der Waals surface area contributed by atoms with E-state index in [-0.39, 0.29) is 11.3 Å². The van der Waals surface area contributed by atoms with E-state index < -0.39 is 0 Å². The molecule has 0 aromatic heterocycles. The second kappa shape index (κ2) is 4.75. The van der Waals surface area contributed by atoms with Gasteiger partial charge in [-0.25, -0.2) is 5.48 Å². The fourth-order valence-corrected chi connectivity index (χ4v) is 1.41. The van der Waals surface area contributed by atoms with Gasteiger partial charge in [-0.1, -0.05) is 13.8 Å². The molecule has 0 aromatic carbocycles. The first-order valence-electron chi connectivity index (χ1n) is 5.17. The first kappa shape index (κ1) is 11.5. The summed E-state index contributed by atoms with van der Waals surface area (Å²) >= 11 is 0. The highest BCUT2D eigenvalue weighted by molar-refractivity contribution is 5.81. The lowest BCUT2D eigenvalue weighted by atomic mass is 9.89. The van der Waals surface area contributed by atoms with E-state index in [2.05, 4.69) is 10.8 Å². The van der Waals surface area contributed by atoms with Gasteiger partial charge in [-0.2, -0.15) is 0 Å². The molecule has 1 atom stereocenters. The van der Waals surface area contributed by atoms with Gasteiger partial charge in [-0.3, -0.25) is 9.63 Å². The highest BCUT2D eigenvalue weighted by Crippen LogP contribution is 2.24. The molecule has 4 heteroatoms. The van der Waals surface area contributed by atoms with Crippen molar-refractivity contribution in [3.05, 3.63) is 0 Å². The van der Waals surface area contributed by atoms with E-state index in [1.165, 1.54) is 0 Å². The normalized spacial score (nSPS) is 26.9. The lowest BCUT2D eigenvalue weighted by Gasteiger charge is -2.21. The standard InChI is InChI=1S/C10H20N2O2/c1-8(2)6-14-12-9(13)10(3)4-5-11-7-10/h8,11H,4-7H2,1-3H3,(H,12,13). The summed E-state index contributed by atoms with van der Waals surface area (Å²) in [6.45, 7) is 8.27. The first-order valence-corrected chi connectivity index (χ1v) is 5.17. The third-order valence-corrected chi connectivity index (χ3v) is 2.50. The van der Waals surface area contributed by atoms with Crippen LogP contribution >= 0.6 is 0 Å². The maximum absolute atomic E-state index is 11.7. The summed E-state index contributed by atoms with van der Waals surface area (Å²) in [6, 6.07) is 0. The summed E-state index contributed by atoms with van der Waals surface area (Å²) in [4.78, 5) is 16.8. The zero-order chi connectivity index (χ0) is 10.6. The highest BCUT2D eigenvalue weighted by atomic mass is 16.7. The zero-order valence-electron chi connectivity index (χ0n) is 9.22. The molecule has 0 bridgehead atoms. The van der Waals surface area contributed by atoms with Crippen molar-refractivity contribution in [2.24, 2.45) is 11.3 Å². The third kappa shape index (κ3) is 2.96. The Morgan fingerprint density at radius 3 is 2.86 bits per heavy atom. The average Bonchev–Trinajstić information content (AvgIpc) is 2.52. The minimum absolute atomic E-state index is 0.0110. The minimum Gasteiger partial charge on any atom is -0.316 e. The van der Waals surface area contributed by atoms with E-state index in [0.717, 1.165) is 19.5 Å². The molecule has 0 saturated carbocycles. The van der Waals surface area contributed by atoms with E-state index in [9.17, 15) is 4.79 Å². The Labute approximate surface area is 85.3 Å². The summed E-state index contributed by atoms with van der Waals surface area (Å²) < 4.78 is 0. The van der Waals surface area contributed by atoms with Crippen LogP contribution in [0, 0.1) is 11.3 Å². The molecule has 1 aliphatic heterocycles. The number of rotatable bonds is 4. The van der Waals surface area contributed by atoms with Gasteiger partial charge >= 0.3 is 0 Å². The van der Waals surface area contributed by atoms with E-state index in [0.29, 0.717) is 12.5 Å². The summed E-state index contributed by atoms with van der Waals surface area (Å²) in [7, 11) is 0. The van der Waals surface area contributed by atoms with Crippen molar-refractivity contribution in [1.82, 2.24) is 10.8 Å². The molecule has 4 nitrogen and oxygen atoms in total. The van der Waals surface area contributed by atoms with E-state index in [1.807, 2.05) is 20.8 Å². The van der Waals surface area contributed by atoms with Crippen LogP contribution in [0.15, 0.2) is 0 Å². The zero-order valence-corrected chi connectivity index (χ0v) is 9.22. The van der Waals surface area contributed by atoms with Crippen molar-refractivity contribution in [3.8, 4) is 0 Å². The Balaban J connectivity index is 2.27. The molecule has 1 fully saturated rings. The smallest absolute Gasteiger partial charge is 0.250 e. The van der Waals surface area contributed by atoms with Gasteiger partial charge in [0.2, 0.25) is 0 Å². The number of carbonyl (C=O) groups is 1. The Bertz CT molecular complexity index is 198. The topological polar surface area (TPSA) is 50.4 Å². The fourth-order valence-electron chi connectivity index (χ4n) is 1.41. The molecule has 0 aromatic rings. The largest absolute Gasteiger partial charge is 0.316 e. The lowest BCUT2D eigenvalue weighted by Crippen LogP contribution is -2.40. The molecule has 1 rings (SSSR count). The number of hydroxylamine groups is 1. The monoisotopic (exact) mass is 200 g/mol. The lowest BCUT2D eigenvalue weighted by molar-refractivity contribution is -0.143. The number of hydrogen-bond donors (Lipinski definition) is 2. The van der Waals surface area contributed by atoms with Crippen molar-refractivity contribution in [2.75, 3.05) is 19.7 Å². The Morgan fingerprint density at radius 2 is 2.36 bits per heavy atom. The van der Waals surface area contributed by atoms with Crippen LogP contribution in [0.4, 0.5) is 0 Å². The van der Waals surface area contributed by atoms with Gasteiger partial charge in [0.15, 0.2) is 0 Å². The molecule has 0 spiro atoms. The average molecular weight is 200 g/mol. The van der Waals surface area contributed by atoms with Gasteiger partial charge in [0.05, 0.1) is 12.0 Å². The molecule has 1 amide bonds. The maximum Gasteiger partial charge on any atom is 0.250 e. The van der Waals surface area contributed by atoms with Crippen LogP contribution in [0.5, 0.6) is 0 Å². The molecule has 0 radical (unpaired) electrons. The van der Waals surface area contributed by atoms with Crippen molar-refractivity contribution >= 4 is 5.91 Å². The summed E-state index contributed by atoms with van der Waals surface area (Å²) in [5.41, 5.74) is 2.22. The van der Waals surface area contributed by atoms with Crippen LogP contribution in [0.1, 0.15) is 27.2 Å². The van der Waals surface area contributed by atoms with Gasteiger partial charge in [0.1, 0.15) is 0 Å². The van der Waals surface area contributed by atoms with E-state index >= 15 is 0 Å². The molecule has 82 valence electrons. The number of carbonyl (C=O) groups excluding carboxylic acids is 1. The quantitative estimate of drug-likeness (QED) is 0.656. The SMILES string of the molecule is CC(C)CONC(=O)C1(C)CCNC1. The molecule has 2 N–H and O–H groups in total. The molecule has 14 heavy (non-hydrogen) atoms. The number of amides is 1. The molecular weight excluding hydrogens is 180 g/mol. The molecule has 1 unspecified atom stereocenters. The molecule has 1 saturated heterocycles. The van der Waals surface area contributed by atoms with E-state index in [4.69, 9.17) is 4.84 Å². The van der Waals surface area contributed by atoms with Crippen LogP contribution in [-0.2, 0) is 9.63 Å². The van der Waals surface area contributed by atoms with Crippen molar-refractivity contribution in [1.29, 1.82) is 0 Å². The number of nitrogens with one attached hydrogen (secondary N) is 2. The van der Waals surface area contributed by atoms with Gasteiger partial charge in [0.25, 0.3) is 5.91 Å².